The van der Waals surface area contributed by atoms with Gasteiger partial charge in [0.2, 0.25) is 0 Å². The molecule has 9 rings (SSSR count). The number of imidazole rings is 1. The molecule has 2 aromatic heterocycles. The van der Waals surface area contributed by atoms with Crippen LogP contribution in [0.1, 0.15) is 25.0 Å². The lowest BCUT2D eigenvalue weighted by molar-refractivity contribution is 0.667. The molecule has 2 heterocycles. The van der Waals surface area contributed by atoms with Crippen molar-refractivity contribution in [3.05, 3.63) is 145 Å². The van der Waals surface area contributed by atoms with Crippen LogP contribution < -0.4 is 0 Å². The van der Waals surface area contributed by atoms with Crippen LogP contribution in [0, 0.1) is 0 Å². The van der Waals surface area contributed by atoms with Crippen LogP contribution in [0.3, 0.4) is 0 Å². The average molecular weight is 537 g/mol. The maximum absolute atomic E-state index is 4.84. The van der Waals surface area contributed by atoms with Crippen molar-refractivity contribution in [1.29, 1.82) is 0 Å². The number of aromatic nitrogens is 2. The first-order valence-electron chi connectivity index (χ1n) is 14.6. The number of nitrogens with zero attached hydrogens (tertiary/aromatic N) is 2. The highest BCUT2D eigenvalue weighted by Crippen LogP contribution is 2.57. The maximum Gasteiger partial charge on any atom is 0.137 e. The van der Waals surface area contributed by atoms with E-state index < -0.39 is 0 Å². The van der Waals surface area contributed by atoms with E-state index in [0.717, 1.165) is 16.9 Å². The fourth-order valence-corrected chi connectivity index (χ4v) is 7.46. The first kappa shape index (κ1) is 23.5. The Hall–Kier alpha value is -5.21. The Labute approximate surface area is 244 Å². The van der Waals surface area contributed by atoms with Crippen LogP contribution >= 0.6 is 0 Å². The summed E-state index contributed by atoms with van der Waals surface area (Å²) in [5.41, 5.74) is 11.1. The van der Waals surface area contributed by atoms with Crippen LogP contribution in [-0.4, -0.2) is 9.38 Å². The second kappa shape index (κ2) is 8.41. The Kier molecular flexibility index (Phi) is 4.70. The van der Waals surface area contributed by atoms with Gasteiger partial charge in [-0.15, -0.1) is 0 Å². The van der Waals surface area contributed by atoms with Gasteiger partial charge in [0.1, 0.15) is 5.65 Å². The molecule has 0 saturated heterocycles. The van der Waals surface area contributed by atoms with Gasteiger partial charge in [0.15, 0.2) is 0 Å². The van der Waals surface area contributed by atoms with E-state index in [1.54, 1.807) is 0 Å². The number of benzene rings is 6. The lowest BCUT2D eigenvalue weighted by Crippen LogP contribution is -2.16. The Bertz CT molecular complexity index is 2340. The molecule has 6 aromatic carbocycles. The minimum Gasteiger partial charge on any atom is -0.306 e. The van der Waals surface area contributed by atoms with Crippen molar-refractivity contribution < 1.29 is 0 Å². The summed E-state index contributed by atoms with van der Waals surface area (Å²) in [4.78, 5) is 4.84. The summed E-state index contributed by atoms with van der Waals surface area (Å²) in [5, 5.41) is 7.97. The molecule has 0 N–H and O–H groups in total. The number of pyridine rings is 1. The summed E-state index contributed by atoms with van der Waals surface area (Å²) in [5.74, 6) is 0. The molecular formula is C40H28N2. The van der Waals surface area contributed by atoms with Crippen molar-refractivity contribution in [2.45, 2.75) is 19.3 Å². The quantitative estimate of drug-likeness (QED) is 0.201. The van der Waals surface area contributed by atoms with Gasteiger partial charge in [0.05, 0.1) is 5.69 Å². The van der Waals surface area contributed by atoms with Gasteiger partial charge < -0.3 is 4.40 Å². The Morgan fingerprint density at radius 2 is 1.12 bits per heavy atom. The van der Waals surface area contributed by atoms with Gasteiger partial charge in [-0.3, -0.25) is 0 Å². The van der Waals surface area contributed by atoms with E-state index in [1.165, 1.54) is 65.7 Å². The zero-order chi connectivity index (χ0) is 28.0. The Morgan fingerprint density at radius 1 is 0.548 bits per heavy atom. The van der Waals surface area contributed by atoms with Crippen molar-refractivity contribution in [3.63, 3.8) is 0 Å². The van der Waals surface area contributed by atoms with Crippen LogP contribution in [-0.2, 0) is 5.41 Å². The summed E-state index contributed by atoms with van der Waals surface area (Å²) in [6.45, 7) is 4.81. The summed E-state index contributed by atoms with van der Waals surface area (Å²) >= 11 is 0. The standard InChI is InChI=1S/C40H28N2/c1-40(2)34-23-33(25-18-20-26(21-19-25)35-24-42-22-10-9-17-36(42)41-35)29-13-4-6-14-30(29)37(34)38-31-15-7-3-11-27(31)28-12-5-8-16-32(28)39(38)40/h3-24H,1-2H3. The molecule has 0 bridgehead atoms. The SMILES string of the molecule is CC1(C)c2cc(-c3ccc(-c4cn5ccccc5n4)cc3)c3ccccc3c2-c2c1c1ccccc1c1ccccc21. The largest absolute Gasteiger partial charge is 0.306 e. The summed E-state index contributed by atoms with van der Waals surface area (Å²) in [6, 6.07) is 44.4. The van der Waals surface area contributed by atoms with E-state index >= 15 is 0 Å². The fraction of sp³-hybridized carbons (Fsp3) is 0.0750. The van der Waals surface area contributed by atoms with Crippen LogP contribution in [0.25, 0.3) is 71.5 Å². The van der Waals surface area contributed by atoms with Gasteiger partial charge in [0, 0.05) is 23.4 Å². The summed E-state index contributed by atoms with van der Waals surface area (Å²) < 4.78 is 2.07. The van der Waals surface area contributed by atoms with Crippen molar-refractivity contribution in [2.24, 2.45) is 0 Å². The van der Waals surface area contributed by atoms with E-state index in [-0.39, 0.29) is 5.41 Å². The second-order valence-corrected chi connectivity index (χ2v) is 12.0. The molecule has 1 aliphatic carbocycles. The van der Waals surface area contributed by atoms with Gasteiger partial charge in [-0.2, -0.15) is 0 Å². The first-order chi connectivity index (χ1) is 20.6. The number of rotatable bonds is 2. The maximum atomic E-state index is 4.84. The molecule has 8 aromatic rings. The molecular weight excluding hydrogens is 508 g/mol. The molecule has 42 heavy (non-hydrogen) atoms. The highest BCUT2D eigenvalue weighted by Gasteiger charge is 2.40. The topological polar surface area (TPSA) is 17.3 Å². The molecule has 0 aliphatic heterocycles. The summed E-state index contributed by atoms with van der Waals surface area (Å²) in [7, 11) is 0. The van der Waals surface area contributed by atoms with Crippen LogP contribution in [0.2, 0.25) is 0 Å². The number of fused-ring (bicyclic) bond motifs is 11. The third kappa shape index (κ3) is 3.12. The molecule has 1 aliphatic rings. The van der Waals surface area contributed by atoms with Gasteiger partial charge in [0.25, 0.3) is 0 Å². The fourth-order valence-electron chi connectivity index (χ4n) is 7.46. The van der Waals surface area contributed by atoms with Gasteiger partial charge in [-0.25, -0.2) is 4.98 Å². The van der Waals surface area contributed by atoms with Gasteiger partial charge >= 0.3 is 0 Å². The molecule has 0 unspecified atom stereocenters. The van der Waals surface area contributed by atoms with Crippen molar-refractivity contribution in [1.82, 2.24) is 9.38 Å². The van der Waals surface area contributed by atoms with E-state index in [0.29, 0.717) is 0 Å². The molecule has 0 atom stereocenters. The predicted molar refractivity (Wildman–Crippen MR) is 176 cm³/mol. The van der Waals surface area contributed by atoms with Crippen LogP contribution in [0.15, 0.2) is 134 Å². The Morgan fingerprint density at radius 3 is 1.83 bits per heavy atom. The molecule has 0 fully saturated rings. The van der Waals surface area contributed by atoms with Crippen LogP contribution in [0.4, 0.5) is 0 Å². The molecule has 0 saturated carbocycles. The molecule has 0 radical (unpaired) electrons. The minimum absolute atomic E-state index is 0.149. The van der Waals surface area contributed by atoms with E-state index in [2.05, 4.69) is 128 Å². The van der Waals surface area contributed by atoms with Gasteiger partial charge in [-0.1, -0.05) is 117 Å². The minimum atomic E-state index is -0.149. The average Bonchev–Trinajstić information content (AvgIpc) is 3.58. The number of hydrogen-bond acceptors (Lipinski definition) is 1. The Balaban J connectivity index is 1.30. The first-order valence-corrected chi connectivity index (χ1v) is 14.6. The highest BCUT2D eigenvalue weighted by molar-refractivity contribution is 6.22. The lowest BCUT2D eigenvalue weighted by atomic mass is 9.78. The summed E-state index contributed by atoms with van der Waals surface area (Å²) in [6.07, 6.45) is 4.15. The van der Waals surface area contributed by atoms with Crippen molar-refractivity contribution in [2.75, 3.05) is 0 Å². The zero-order valence-corrected chi connectivity index (χ0v) is 23.6. The van der Waals surface area contributed by atoms with E-state index in [1.807, 2.05) is 24.4 Å². The van der Waals surface area contributed by atoms with E-state index in [9.17, 15) is 0 Å². The molecule has 2 nitrogen and oxygen atoms in total. The zero-order valence-electron chi connectivity index (χ0n) is 23.6. The smallest absolute Gasteiger partial charge is 0.137 e. The second-order valence-electron chi connectivity index (χ2n) is 12.0. The molecule has 198 valence electrons. The highest BCUT2D eigenvalue weighted by atomic mass is 15.0. The normalized spacial score (nSPS) is 13.7. The molecule has 2 heteroatoms. The number of hydrogen-bond donors (Lipinski definition) is 0. The third-order valence-corrected chi connectivity index (χ3v) is 9.38. The molecule has 0 spiro atoms. The predicted octanol–water partition coefficient (Wildman–Crippen LogP) is 10.4. The monoisotopic (exact) mass is 536 g/mol. The van der Waals surface area contributed by atoms with E-state index in [4.69, 9.17) is 4.98 Å². The van der Waals surface area contributed by atoms with Crippen LogP contribution in [0.5, 0.6) is 0 Å². The van der Waals surface area contributed by atoms with Crippen molar-refractivity contribution >= 4 is 38.0 Å². The lowest BCUT2D eigenvalue weighted by Gasteiger charge is -2.24. The molecule has 0 amide bonds. The van der Waals surface area contributed by atoms with Gasteiger partial charge in [-0.05, 0) is 83.9 Å². The third-order valence-electron chi connectivity index (χ3n) is 9.38. The van der Waals surface area contributed by atoms with Crippen molar-refractivity contribution in [3.8, 4) is 33.5 Å².